The molecular formula is C15H18F2N2O3. The quantitative estimate of drug-likeness (QED) is 0.893. The molecule has 1 aliphatic heterocycles. The molecule has 120 valence electrons. The average Bonchev–Trinajstić information content (AvgIpc) is 2.40. The minimum Gasteiger partial charge on any atom is -0.487 e. The highest BCUT2D eigenvalue weighted by Crippen LogP contribution is 2.27. The maximum atomic E-state index is 14.2. The Morgan fingerprint density at radius 3 is 2.68 bits per heavy atom. The molecular weight excluding hydrogens is 294 g/mol. The SMILES string of the molecule is C[C@@H]1CC(=O)NN=C1c1ccc(OCC(C)(C)O)c(F)c1F. The maximum absolute atomic E-state index is 14.2. The molecule has 1 aliphatic rings. The molecule has 0 saturated heterocycles. The number of hydrazone groups is 1. The molecule has 0 unspecified atom stereocenters. The summed E-state index contributed by atoms with van der Waals surface area (Å²) in [6.07, 6.45) is 0.164. The number of hydrogen-bond donors (Lipinski definition) is 2. The third-order valence-corrected chi connectivity index (χ3v) is 3.16. The lowest BCUT2D eigenvalue weighted by Crippen LogP contribution is -2.32. The third-order valence-electron chi connectivity index (χ3n) is 3.16. The van der Waals surface area contributed by atoms with Gasteiger partial charge in [0, 0.05) is 17.9 Å². The van der Waals surface area contributed by atoms with Gasteiger partial charge in [0.2, 0.25) is 11.7 Å². The van der Waals surface area contributed by atoms with E-state index in [0.717, 1.165) is 0 Å². The second-order valence-corrected chi connectivity index (χ2v) is 5.98. The van der Waals surface area contributed by atoms with Gasteiger partial charge in [-0.15, -0.1) is 0 Å². The number of aliphatic hydroxyl groups is 1. The molecule has 1 aromatic carbocycles. The smallest absolute Gasteiger partial charge is 0.240 e. The normalized spacial score (nSPS) is 18.7. The van der Waals surface area contributed by atoms with E-state index < -0.39 is 17.2 Å². The second-order valence-electron chi connectivity index (χ2n) is 5.98. The van der Waals surface area contributed by atoms with E-state index in [1.54, 1.807) is 6.92 Å². The van der Waals surface area contributed by atoms with Crippen molar-refractivity contribution in [2.45, 2.75) is 32.8 Å². The summed E-state index contributed by atoms with van der Waals surface area (Å²) in [6.45, 7) is 4.54. The fourth-order valence-electron chi connectivity index (χ4n) is 2.07. The summed E-state index contributed by atoms with van der Waals surface area (Å²) < 4.78 is 33.4. The average molecular weight is 312 g/mol. The van der Waals surface area contributed by atoms with Gasteiger partial charge in [-0.05, 0) is 26.0 Å². The van der Waals surface area contributed by atoms with Gasteiger partial charge in [0.25, 0.3) is 0 Å². The first-order valence-electron chi connectivity index (χ1n) is 6.89. The monoisotopic (exact) mass is 312 g/mol. The van der Waals surface area contributed by atoms with E-state index in [0.29, 0.717) is 0 Å². The molecule has 1 aromatic rings. The number of ether oxygens (including phenoxy) is 1. The van der Waals surface area contributed by atoms with Crippen LogP contribution < -0.4 is 10.2 Å². The van der Waals surface area contributed by atoms with Crippen LogP contribution in [0.5, 0.6) is 5.75 Å². The molecule has 7 heteroatoms. The van der Waals surface area contributed by atoms with Crippen LogP contribution in [0.2, 0.25) is 0 Å². The molecule has 0 radical (unpaired) electrons. The molecule has 0 aromatic heterocycles. The van der Waals surface area contributed by atoms with Gasteiger partial charge in [-0.3, -0.25) is 4.79 Å². The Balaban J connectivity index is 2.29. The minimum atomic E-state index is -1.16. The Hall–Kier alpha value is -2.02. The van der Waals surface area contributed by atoms with Crippen molar-refractivity contribution in [2.24, 2.45) is 11.0 Å². The number of benzene rings is 1. The number of carbonyl (C=O) groups is 1. The van der Waals surface area contributed by atoms with Gasteiger partial charge >= 0.3 is 0 Å². The van der Waals surface area contributed by atoms with E-state index in [9.17, 15) is 18.7 Å². The lowest BCUT2D eigenvalue weighted by molar-refractivity contribution is -0.121. The number of nitrogens with zero attached hydrogens (tertiary/aromatic N) is 1. The lowest BCUT2D eigenvalue weighted by Gasteiger charge is -2.21. The minimum absolute atomic E-state index is 0.0133. The molecule has 22 heavy (non-hydrogen) atoms. The van der Waals surface area contributed by atoms with Crippen LogP contribution in [0.15, 0.2) is 17.2 Å². The first kappa shape index (κ1) is 16.4. The van der Waals surface area contributed by atoms with Crippen molar-refractivity contribution >= 4 is 11.6 Å². The van der Waals surface area contributed by atoms with E-state index in [-0.39, 0.29) is 41.9 Å². The Kier molecular flexibility index (Phi) is 4.46. The Morgan fingerprint density at radius 1 is 1.41 bits per heavy atom. The van der Waals surface area contributed by atoms with Crippen LogP contribution in [-0.4, -0.2) is 28.9 Å². The van der Waals surface area contributed by atoms with Crippen LogP contribution >= 0.6 is 0 Å². The molecule has 1 atom stereocenters. The van der Waals surface area contributed by atoms with Crippen LogP contribution in [-0.2, 0) is 4.79 Å². The Bertz CT molecular complexity index is 624. The van der Waals surface area contributed by atoms with E-state index in [4.69, 9.17) is 4.74 Å². The van der Waals surface area contributed by atoms with Crippen molar-refractivity contribution < 1.29 is 23.4 Å². The summed E-state index contributed by atoms with van der Waals surface area (Å²) in [5.41, 5.74) is 1.37. The number of rotatable bonds is 4. The number of hydrogen-bond acceptors (Lipinski definition) is 4. The van der Waals surface area contributed by atoms with Crippen LogP contribution in [0.3, 0.4) is 0 Å². The zero-order chi connectivity index (χ0) is 16.5. The van der Waals surface area contributed by atoms with Crippen LogP contribution in [0.4, 0.5) is 8.78 Å². The van der Waals surface area contributed by atoms with Crippen molar-refractivity contribution in [3.63, 3.8) is 0 Å². The Morgan fingerprint density at radius 2 is 2.09 bits per heavy atom. The van der Waals surface area contributed by atoms with Gasteiger partial charge in [0.05, 0.1) is 11.3 Å². The molecule has 0 aliphatic carbocycles. The molecule has 0 spiro atoms. The lowest BCUT2D eigenvalue weighted by atomic mass is 9.93. The van der Waals surface area contributed by atoms with Crippen molar-refractivity contribution in [1.29, 1.82) is 0 Å². The highest BCUT2D eigenvalue weighted by molar-refractivity contribution is 6.05. The summed E-state index contributed by atoms with van der Waals surface area (Å²) >= 11 is 0. The summed E-state index contributed by atoms with van der Waals surface area (Å²) in [7, 11) is 0. The highest BCUT2D eigenvalue weighted by atomic mass is 19.2. The fraction of sp³-hybridized carbons (Fsp3) is 0.467. The summed E-state index contributed by atoms with van der Waals surface area (Å²) in [5, 5.41) is 13.4. The number of nitrogens with one attached hydrogen (secondary N) is 1. The zero-order valence-corrected chi connectivity index (χ0v) is 12.6. The topological polar surface area (TPSA) is 70.9 Å². The largest absolute Gasteiger partial charge is 0.487 e. The van der Waals surface area contributed by atoms with Gasteiger partial charge in [0.1, 0.15) is 6.61 Å². The molecule has 2 N–H and O–H groups in total. The van der Waals surface area contributed by atoms with Gasteiger partial charge < -0.3 is 9.84 Å². The van der Waals surface area contributed by atoms with Crippen LogP contribution in [0.1, 0.15) is 32.8 Å². The first-order valence-corrected chi connectivity index (χ1v) is 6.89. The molecule has 0 fully saturated rings. The van der Waals surface area contributed by atoms with E-state index in [1.807, 2.05) is 0 Å². The summed E-state index contributed by atoms with van der Waals surface area (Å²) in [4.78, 5) is 11.2. The van der Waals surface area contributed by atoms with Crippen LogP contribution in [0, 0.1) is 17.6 Å². The number of amides is 1. The first-order chi connectivity index (χ1) is 10.2. The summed E-state index contributed by atoms with van der Waals surface area (Å²) in [5.74, 6) is -3.09. The molecule has 5 nitrogen and oxygen atoms in total. The maximum Gasteiger partial charge on any atom is 0.240 e. The summed E-state index contributed by atoms with van der Waals surface area (Å²) in [6, 6.07) is 2.64. The molecule has 1 heterocycles. The van der Waals surface area contributed by atoms with E-state index >= 15 is 0 Å². The predicted octanol–water partition coefficient (Wildman–Crippen LogP) is 1.97. The van der Waals surface area contributed by atoms with Gasteiger partial charge in [-0.25, -0.2) is 9.82 Å². The molecule has 0 saturated carbocycles. The van der Waals surface area contributed by atoms with Crippen LogP contribution in [0.25, 0.3) is 0 Å². The van der Waals surface area contributed by atoms with Crippen molar-refractivity contribution in [3.8, 4) is 5.75 Å². The predicted molar refractivity (Wildman–Crippen MR) is 76.6 cm³/mol. The van der Waals surface area contributed by atoms with Crippen molar-refractivity contribution in [2.75, 3.05) is 6.61 Å². The van der Waals surface area contributed by atoms with Gasteiger partial charge in [-0.1, -0.05) is 6.92 Å². The zero-order valence-electron chi connectivity index (χ0n) is 12.6. The van der Waals surface area contributed by atoms with E-state index in [1.165, 1.54) is 26.0 Å². The molecule has 1 amide bonds. The number of halogens is 2. The standard InChI is InChI=1S/C15H18F2N2O3/c1-8-6-11(20)18-19-14(8)9-4-5-10(13(17)12(9)16)22-7-15(2,3)21/h4-5,8,21H,6-7H2,1-3H3,(H,18,20)/t8-/m1/s1. The molecule has 0 bridgehead atoms. The second kappa shape index (κ2) is 6.00. The van der Waals surface area contributed by atoms with E-state index in [2.05, 4.69) is 10.5 Å². The highest BCUT2D eigenvalue weighted by Gasteiger charge is 2.26. The third kappa shape index (κ3) is 3.59. The van der Waals surface area contributed by atoms with Gasteiger partial charge in [-0.2, -0.15) is 9.49 Å². The number of carbonyl (C=O) groups excluding carboxylic acids is 1. The Labute approximate surface area is 127 Å². The fourth-order valence-corrected chi connectivity index (χ4v) is 2.07. The van der Waals surface area contributed by atoms with Crippen molar-refractivity contribution in [3.05, 3.63) is 29.3 Å². The molecule has 2 rings (SSSR count). The van der Waals surface area contributed by atoms with Crippen molar-refractivity contribution in [1.82, 2.24) is 5.43 Å². The van der Waals surface area contributed by atoms with Gasteiger partial charge in [0.15, 0.2) is 11.6 Å².